The second kappa shape index (κ2) is 7.70. The third kappa shape index (κ3) is 5.67. The summed E-state index contributed by atoms with van der Waals surface area (Å²) >= 11 is 11.1. The van der Waals surface area contributed by atoms with Crippen LogP contribution >= 0.6 is 23.2 Å². The van der Waals surface area contributed by atoms with Gasteiger partial charge in [0.2, 0.25) is 0 Å². The summed E-state index contributed by atoms with van der Waals surface area (Å²) in [5, 5.41) is 3.74. The molecule has 0 unspecified atom stereocenters. The van der Waals surface area contributed by atoms with E-state index >= 15 is 0 Å². The normalized spacial score (nSPS) is 9.74. The maximum Gasteiger partial charge on any atom is 0.171 e. The van der Waals surface area contributed by atoms with Crippen LogP contribution in [0.2, 0.25) is 10.3 Å². The van der Waals surface area contributed by atoms with Gasteiger partial charge in [-0.25, -0.2) is 19.9 Å². The lowest BCUT2D eigenvalue weighted by molar-refractivity contribution is 0.886. The van der Waals surface area contributed by atoms with Crippen LogP contribution in [-0.2, 0) is 0 Å². The average Bonchev–Trinajstić information content (AvgIpc) is 2.36. The van der Waals surface area contributed by atoms with Crippen molar-refractivity contribution in [3.8, 4) is 0 Å². The second-order valence-corrected chi connectivity index (χ2v) is 4.44. The molecule has 0 spiro atoms. The number of nitrogens with one attached hydrogen (secondary N) is 1. The predicted molar refractivity (Wildman–Crippen MR) is 77.3 cm³/mol. The van der Waals surface area contributed by atoms with Crippen LogP contribution in [0, 0.1) is 0 Å². The third-order valence-corrected chi connectivity index (χ3v) is 2.33. The van der Waals surface area contributed by atoms with Crippen molar-refractivity contribution in [1.82, 2.24) is 19.9 Å². The van der Waals surface area contributed by atoms with Gasteiger partial charge in [0.1, 0.15) is 0 Å². The number of rotatable bonds is 2. The molecule has 0 fully saturated rings. The van der Waals surface area contributed by atoms with Crippen molar-refractivity contribution in [1.29, 1.82) is 0 Å². The van der Waals surface area contributed by atoms with Gasteiger partial charge in [-0.1, -0.05) is 23.2 Å². The summed E-state index contributed by atoms with van der Waals surface area (Å²) in [7, 11) is 0. The molecular formula is C11H14Cl2N6. The van der Waals surface area contributed by atoms with Crippen molar-refractivity contribution >= 4 is 34.8 Å². The molecule has 0 bridgehead atoms. The van der Waals surface area contributed by atoms with E-state index in [1.165, 1.54) is 12.4 Å². The molecule has 0 atom stereocenters. The molecule has 0 radical (unpaired) electrons. The third-order valence-electron chi connectivity index (χ3n) is 1.76. The quantitative estimate of drug-likeness (QED) is 0.886. The SMILES string of the molecule is CC(C)Nc1nccnc1Cl.Nc1nccnc1Cl. The molecule has 0 aromatic carbocycles. The first kappa shape index (κ1) is 15.4. The summed E-state index contributed by atoms with van der Waals surface area (Å²) in [6, 6.07) is 0.323. The number of hydrogen-bond acceptors (Lipinski definition) is 6. The zero-order valence-corrected chi connectivity index (χ0v) is 12.0. The first-order valence-electron chi connectivity index (χ1n) is 5.45. The number of hydrogen-bond donors (Lipinski definition) is 2. The number of nitrogen functional groups attached to an aromatic ring is 1. The largest absolute Gasteiger partial charge is 0.381 e. The molecule has 102 valence electrons. The van der Waals surface area contributed by atoms with Gasteiger partial charge in [-0.3, -0.25) is 0 Å². The van der Waals surface area contributed by atoms with Crippen molar-refractivity contribution in [2.45, 2.75) is 19.9 Å². The van der Waals surface area contributed by atoms with Crippen LogP contribution in [0.15, 0.2) is 24.8 Å². The van der Waals surface area contributed by atoms with Crippen molar-refractivity contribution in [3.63, 3.8) is 0 Å². The minimum atomic E-state index is 0.257. The second-order valence-electron chi connectivity index (χ2n) is 3.73. The van der Waals surface area contributed by atoms with Gasteiger partial charge < -0.3 is 11.1 Å². The summed E-state index contributed by atoms with van der Waals surface area (Å²) in [5.74, 6) is 0.915. The zero-order valence-electron chi connectivity index (χ0n) is 10.5. The van der Waals surface area contributed by atoms with E-state index in [-0.39, 0.29) is 11.0 Å². The molecule has 2 heterocycles. The van der Waals surface area contributed by atoms with Crippen LogP contribution in [0.25, 0.3) is 0 Å². The number of nitrogens with two attached hydrogens (primary N) is 1. The molecule has 2 rings (SSSR count). The highest BCUT2D eigenvalue weighted by Gasteiger charge is 2.01. The molecule has 0 amide bonds. The summed E-state index contributed by atoms with van der Waals surface area (Å²) in [6.45, 7) is 4.04. The lowest BCUT2D eigenvalue weighted by atomic mass is 10.4. The van der Waals surface area contributed by atoms with E-state index in [9.17, 15) is 0 Å². The lowest BCUT2D eigenvalue weighted by Gasteiger charge is -2.08. The summed E-state index contributed by atoms with van der Waals surface area (Å²) in [6.07, 6.45) is 6.14. The van der Waals surface area contributed by atoms with Gasteiger partial charge in [-0.05, 0) is 13.8 Å². The Bertz CT molecular complexity index is 499. The van der Waals surface area contributed by atoms with E-state index in [2.05, 4.69) is 25.3 Å². The van der Waals surface area contributed by atoms with E-state index in [1.54, 1.807) is 12.4 Å². The van der Waals surface area contributed by atoms with Crippen molar-refractivity contribution in [3.05, 3.63) is 35.1 Å². The van der Waals surface area contributed by atoms with E-state index < -0.39 is 0 Å². The summed E-state index contributed by atoms with van der Waals surface area (Å²) in [5.41, 5.74) is 5.21. The number of nitrogens with zero attached hydrogens (tertiary/aromatic N) is 4. The fourth-order valence-electron chi connectivity index (χ4n) is 1.02. The molecule has 0 aliphatic carbocycles. The molecule has 3 N–H and O–H groups in total. The Labute approximate surface area is 121 Å². The number of aromatic nitrogens is 4. The number of halogens is 2. The molecule has 0 aliphatic rings. The summed E-state index contributed by atoms with van der Waals surface area (Å²) in [4.78, 5) is 15.2. The van der Waals surface area contributed by atoms with E-state index in [1.807, 2.05) is 13.8 Å². The van der Waals surface area contributed by atoms with Gasteiger partial charge in [0.15, 0.2) is 21.9 Å². The van der Waals surface area contributed by atoms with E-state index in [4.69, 9.17) is 28.9 Å². The van der Waals surface area contributed by atoms with Crippen LogP contribution in [0.5, 0.6) is 0 Å². The summed E-state index contributed by atoms with van der Waals surface area (Å²) < 4.78 is 0. The van der Waals surface area contributed by atoms with Crippen LogP contribution in [0.1, 0.15) is 13.8 Å². The van der Waals surface area contributed by atoms with Crippen LogP contribution in [0.3, 0.4) is 0 Å². The van der Waals surface area contributed by atoms with E-state index in [0.717, 1.165) is 0 Å². The predicted octanol–water partition coefficient (Wildman–Crippen LogP) is 2.66. The molecular weight excluding hydrogens is 287 g/mol. The van der Waals surface area contributed by atoms with Crippen molar-refractivity contribution in [2.75, 3.05) is 11.1 Å². The zero-order chi connectivity index (χ0) is 14.3. The molecule has 0 saturated carbocycles. The van der Waals surface area contributed by atoms with Crippen molar-refractivity contribution in [2.24, 2.45) is 0 Å². The Morgan fingerprint density at radius 3 is 1.89 bits per heavy atom. The van der Waals surface area contributed by atoms with Crippen LogP contribution in [0.4, 0.5) is 11.6 Å². The highest BCUT2D eigenvalue weighted by atomic mass is 35.5. The Morgan fingerprint density at radius 2 is 1.47 bits per heavy atom. The fraction of sp³-hybridized carbons (Fsp3) is 0.273. The van der Waals surface area contributed by atoms with Crippen LogP contribution in [-0.4, -0.2) is 26.0 Å². The van der Waals surface area contributed by atoms with E-state index in [0.29, 0.717) is 17.0 Å². The monoisotopic (exact) mass is 300 g/mol. The smallest absolute Gasteiger partial charge is 0.171 e. The maximum absolute atomic E-state index is 5.73. The first-order valence-corrected chi connectivity index (χ1v) is 6.21. The molecule has 0 saturated heterocycles. The Morgan fingerprint density at radius 1 is 0.947 bits per heavy atom. The number of anilines is 2. The van der Waals surface area contributed by atoms with Crippen molar-refractivity contribution < 1.29 is 0 Å². The van der Waals surface area contributed by atoms with Gasteiger partial charge >= 0.3 is 0 Å². The fourth-order valence-corrected chi connectivity index (χ4v) is 1.29. The molecule has 2 aromatic rings. The van der Waals surface area contributed by atoms with Gasteiger partial charge in [0.25, 0.3) is 0 Å². The Balaban J connectivity index is 0.000000200. The lowest BCUT2D eigenvalue weighted by Crippen LogP contribution is -2.11. The Hall–Kier alpha value is -1.66. The average molecular weight is 301 g/mol. The van der Waals surface area contributed by atoms with Gasteiger partial charge in [0.05, 0.1) is 0 Å². The van der Waals surface area contributed by atoms with Gasteiger partial charge in [-0.15, -0.1) is 0 Å². The minimum absolute atomic E-state index is 0.257. The first-order chi connectivity index (χ1) is 9.00. The maximum atomic E-state index is 5.73. The molecule has 0 aliphatic heterocycles. The van der Waals surface area contributed by atoms with Gasteiger partial charge in [-0.2, -0.15) is 0 Å². The molecule has 8 heteroatoms. The highest BCUT2D eigenvalue weighted by molar-refractivity contribution is 6.31. The molecule has 6 nitrogen and oxygen atoms in total. The minimum Gasteiger partial charge on any atom is -0.381 e. The highest BCUT2D eigenvalue weighted by Crippen LogP contribution is 2.14. The molecule has 2 aromatic heterocycles. The Kier molecular flexibility index (Phi) is 6.24. The topological polar surface area (TPSA) is 89.6 Å². The van der Waals surface area contributed by atoms with Gasteiger partial charge in [0, 0.05) is 30.8 Å². The standard InChI is InChI=1S/C7H10ClN3.C4H4ClN3/c1-5(2)11-7-6(8)9-3-4-10-7;5-3-4(6)8-2-1-7-3/h3-5H,1-2H3,(H,10,11);1-2H,(H2,6,8). The van der Waals surface area contributed by atoms with Crippen LogP contribution < -0.4 is 11.1 Å². The molecule has 19 heavy (non-hydrogen) atoms.